The zero-order chi connectivity index (χ0) is 12.1. The number of benzene rings is 1. The molecular formula is C12H14BrNO2S. The average Bonchev–Trinajstić information content (AvgIpc) is 2.74. The molecule has 2 aliphatic rings. The number of fused-ring (bicyclic) bond motifs is 1. The highest BCUT2D eigenvalue weighted by atomic mass is 79.9. The number of anilines is 1. The first kappa shape index (κ1) is 11.5. The summed E-state index contributed by atoms with van der Waals surface area (Å²) in [4.78, 5) is 0.467. The quantitative estimate of drug-likeness (QED) is 0.800. The van der Waals surface area contributed by atoms with Crippen molar-refractivity contribution in [1.82, 2.24) is 0 Å². The largest absolute Gasteiger partial charge is 0.382 e. The van der Waals surface area contributed by atoms with Gasteiger partial charge in [-0.1, -0.05) is 28.8 Å². The van der Waals surface area contributed by atoms with Gasteiger partial charge in [-0.15, -0.1) is 0 Å². The molecule has 1 heterocycles. The summed E-state index contributed by atoms with van der Waals surface area (Å²) in [5, 5.41) is 3.28. The molecule has 0 saturated heterocycles. The number of rotatable bonds is 0. The van der Waals surface area contributed by atoms with E-state index in [1.165, 1.54) is 0 Å². The lowest BCUT2D eigenvalue weighted by molar-refractivity contribution is 0.516. The standard InChI is InChI=1S/C12H14BrNO2S/c13-9-3-4-11-10(7-9)14-8-12(17(11,15)16)5-1-2-6-12/h3-4,7,14H,1-2,5-6,8H2. The molecule has 1 fully saturated rings. The molecule has 3 rings (SSSR count). The van der Waals surface area contributed by atoms with Gasteiger partial charge in [0, 0.05) is 11.0 Å². The first-order chi connectivity index (χ1) is 8.05. The molecule has 1 aromatic rings. The molecule has 0 radical (unpaired) electrons. The van der Waals surface area contributed by atoms with E-state index >= 15 is 0 Å². The Morgan fingerprint density at radius 1 is 1.24 bits per heavy atom. The Morgan fingerprint density at radius 2 is 1.94 bits per heavy atom. The summed E-state index contributed by atoms with van der Waals surface area (Å²) in [6.45, 7) is 0.554. The Kier molecular flexibility index (Phi) is 2.52. The lowest BCUT2D eigenvalue weighted by atomic mass is 10.1. The summed E-state index contributed by atoms with van der Waals surface area (Å²) in [5.74, 6) is 0. The molecule has 0 atom stereocenters. The van der Waals surface area contributed by atoms with E-state index in [0.29, 0.717) is 11.4 Å². The molecule has 0 bridgehead atoms. The molecule has 1 N–H and O–H groups in total. The van der Waals surface area contributed by atoms with Crippen LogP contribution < -0.4 is 5.32 Å². The average molecular weight is 316 g/mol. The third kappa shape index (κ3) is 1.55. The summed E-state index contributed by atoms with van der Waals surface area (Å²) < 4.78 is 25.7. The monoisotopic (exact) mass is 315 g/mol. The Hall–Kier alpha value is -0.550. The molecule has 1 spiro atoms. The Morgan fingerprint density at radius 3 is 2.65 bits per heavy atom. The lowest BCUT2D eigenvalue weighted by Crippen LogP contribution is -2.45. The van der Waals surface area contributed by atoms with Crippen LogP contribution in [-0.4, -0.2) is 19.7 Å². The van der Waals surface area contributed by atoms with Crippen LogP contribution in [0.3, 0.4) is 0 Å². The lowest BCUT2D eigenvalue weighted by Gasteiger charge is -2.35. The van der Waals surface area contributed by atoms with Gasteiger partial charge in [-0.3, -0.25) is 0 Å². The van der Waals surface area contributed by atoms with Gasteiger partial charge in [-0.05, 0) is 31.0 Å². The molecule has 1 saturated carbocycles. The second kappa shape index (κ2) is 3.72. The minimum Gasteiger partial charge on any atom is -0.382 e. The number of sulfone groups is 1. The predicted molar refractivity (Wildman–Crippen MR) is 71.0 cm³/mol. The van der Waals surface area contributed by atoms with Crippen LogP contribution in [0.5, 0.6) is 0 Å². The fraction of sp³-hybridized carbons (Fsp3) is 0.500. The van der Waals surface area contributed by atoms with Gasteiger partial charge < -0.3 is 5.32 Å². The Balaban J connectivity index is 2.18. The molecule has 0 aromatic heterocycles. The fourth-order valence-electron chi connectivity index (χ4n) is 2.92. The summed E-state index contributed by atoms with van der Waals surface area (Å²) in [5.41, 5.74) is 0.733. The van der Waals surface area contributed by atoms with Crippen LogP contribution in [-0.2, 0) is 9.84 Å². The molecule has 1 aromatic carbocycles. The second-order valence-electron chi connectivity index (χ2n) is 4.89. The van der Waals surface area contributed by atoms with E-state index in [1.807, 2.05) is 6.07 Å². The van der Waals surface area contributed by atoms with Gasteiger partial charge in [0.2, 0.25) is 0 Å². The van der Waals surface area contributed by atoms with Crippen molar-refractivity contribution in [2.24, 2.45) is 0 Å². The molecule has 1 aliphatic carbocycles. The second-order valence-corrected chi connectivity index (χ2v) is 8.12. The molecule has 3 nitrogen and oxygen atoms in total. The van der Waals surface area contributed by atoms with E-state index in [2.05, 4.69) is 21.2 Å². The maximum absolute atomic E-state index is 12.7. The number of halogens is 1. The van der Waals surface area contributed by atoms with E-state index < -0.39 is 14.6 Å². The molecule has 0 amide bonds. The van der Waals surface area contributed by atoms with Gasteiger partial charge in [0.1, 0.15) is 0 Å². The van der Waals surface area contributed by atoms with E-state index in [9.17, 15) is 8.42 Å². The van der Waals surface area contributed by atoms with Crippen LogP contribution in [0, 0.1) is 0 Å². The van der Waals surface area contributed by atoms with Gasteiger partial charge in [-0.2, -0.15) is 0 Å². The minimum absolute atomic E-state index is 0.467. The highest BCUT2D eigenvalue weighted by Gasteiger charge is 2.49. The van der Waals surface area contributed by atoms with Crippen LogP contribution >= 0.6 is 15.9 Å². The van der Waals surface area contributed by atoms with Crippen molar-refractivity contribution in [3.63, 3.8) is 0 Å². The molecule has 92 valence electrons. The van der Waals surface area contributed by atoms with Crippen molar-refractivity contribution in [2.45, 2.75) is 35.3 Å². The topological polar surface area (TPSA) is 46.2 Å². The van der Waals surface area contributed by atoms with E-state index in [4.69, 9.17) is 0 Å². The summed E-state index contributed by atoms with van der Waals surface area (Å²) in [7, 11) is -3.18. The molecule has 17 heavy (non-hydrogen) atoms. The highest BCUT2D eigenvalue weighted by Crippen LogP contribution is 2.45. The third-order valence-corrected chi connectivity index (χ3v) is 7.04. The zero-order valence-electron chi connectivity index (χ0n) is 9.37. The fourth-order valence-corrected chi connectivity index (χ4v) is 5.51. The van der Waals surface area contributed by atoms with Crippen molar-refractivity contribution >= 4 is 31.5 Å². The first-order valence-electron chi connectivity index (χ1n) is 5.83. The SMILES string of the molecule is O=S1(=O)c2ccc(Br)cc2NCC12CCCC2. The Labute approximate surface area is 110 Å². The van der Waals surface area contributed by atoms with Crippen LogP contribution in [0.25, 0.3) is 0 Å². The highest BCUT2D eigenvalue weighted by molar-refractivity contribution is 9.10. The summed E-state index contributed by atoms with van der Waals surface area (Å²) in [6.07, 6.45) is 3.62. The number of nitrogens with one attached hydrogen (secondary N) is 1. The smallest absolute Gasteiger partial charge is 0.187 e. The van der Waals surface area contributed by atoms with Crippen molar-refractivity contribution in [2.75, 3.05) is 11.9 Å². The Bertz CT molecular complexity index is 562. The van der Waals surface area contributed by atoms with E-state index in [0.717, 1.165) is 35.8 Å². The molecule has 1 aliphatic heterocycles. The maximum Gasteiger partial charge on any atom is 0.187 e. The predicted octanol–water partition coefficient (Wildman–Crippen LogP) is 2.96. The van der Waals surface area contributed by atoms with Crippen molar-refractivity contribution in [3.8, 4) is 0 Å². The first-order valence-corrected chi connectivity index (χ1v) is 8.11. The number of hydrogen-bond acceptors (Lipinski definition) is 3. The van der Waals surface area contributed by atoms with Gasteiger partial charge in [0.05, 0.1) is 15.3 Å². The number of hydrogen-bond donors (Lipinski definition) is 1. The normalized spacial score (nSPS) is 24.3. The van der Waals surface area contributed by atoms with Crippen molar-refractivity contribution in [1.29, 1.82) is 0 Å². The van der Waals surface area contributed by atoms with Gasteiger partial charge in [-0.25, -0.2) is 8.42 Å². The van der Waals surface area contributed by atoms with Gasteiger partial charge in [0.25, 0.3) is 0 Å². The molecule has 5 heteroatoms. The van der Waals surface area contributed by atoms with Crippen molar-refractivity contribution in [3.05, 3.63) is 22.7 Å². The zero-order valence-corrected chi connectivity index (χ0v) is 11.8. The van der Waals surface area contributed by atoms with Crippen molar-refractivity contribution < 1.29 is 8.42 Å². The van der Waals surface area contributed by atoms with Gasteiger partial charge >= 0.3 is 0 Å². The minimum atomic E-state index is -3.18. The molecule has 0 unspecified atom stereocenters. The van der Waals surface area contributed by atoms with Gasteiger partial charge in [0.15, 0.2) is 9.84 Å². The third-order valence-electron chi connectivity index (χ3n) is 3.92. The molecular weight excluding hydrogens is 302 g/mol. The summed E-state index contributed by atoms with van der Waals surface area (Å²) >= 11 is 3.37. The van der Waals surface area contributed by atoms with Crippen LogP contribution in [0.1, 0.15) is 25.7 Å². The maximum atomic E-state index is 12.7. The van der Waals surface area contributed by atoms with E-state index in [1.54, 1.807) is 12.1 Å². The van der Waals surface area contributed by atoms with E-state index in [-0.39, 0.29) is 0 Å². The van der Waals surface area contributed by atoms with Crippen LogP contribution in [0.2, 0.25) is 0 Å². The van der Waals surface area contributed by atoms with Crippen LogP contribution in [0.15, 0.2) is 27.6 Å². The summed E-state index contributed by atoms with van der Waals surface area (Å²) in [6, 6.07) is 5.35. The van der Waals surface area contributed by atoms with Crippen LogP contribution in [0.4, 0.5) is 5.69 Å².